The van der Waals surface area contributed by atoms with Gasteiger partial charge < -0.3 is 107 Å². The topological polar surface area (TPSA) is 466 Å². The van der Waals surface area contributed by atoms with Crippen LogP contribution in [0.3, 0.4) is 0 Å². The number of nitrogens with zero attached hydrogens (tertiary/aromatic N) is 10. The minimum Gasteiger partial charge on any atom is -0.493 e. The molecule has 0 unspecified atom stereocenters. The molecule has 14 rings (SSSR count). The van der Waals surface area contributed by atoms with E-state index in [2.05, 4.69) is 91.0 Å². The summed E-state index contributed by atoms with van der Waals surface area (Å²) in [5.74, 6) is 0.903. The van der Waals surface area contributed by atoms with E-state index in [1.54, 1.807) is 60.2 Å². The number of H-pyrrole nitrogens is 2. The lowest BCUT2D eigenvalue weighted by atomic mass is 9.82. The van der Waals surface area contributed by atoms with Crippen LogP contribution in [-0.4, -0.2) is 268 Å². The van der Waals surface area contributed by atoms with Crippen LogP contribution in [0.1, 0.15) is 141 Å². The maximum absolute atomic E-state index is 13.8. The van der Waals surface area contributed by atoms with Gasteiger partial charge in [0.05, 0.1) is 141 Å². The van der Waals surface area contributed by atoms with E-state index in [-0.39, 0.29) is 139 Å². The highest BCUT2D eigenvalue weighted by Crippen LogP contribution is 2.47. The molecule has 0 spiro atoms. The summed E-state index contributed by atoms with van der Waals surface area (Å²) in [6.07, 6.45) is 4.63. The number of hydrogen-bond donors (Lipinski definition) is 9. The van der Waals surface area contributed by atoms with E-state index >= 15 is 0 Å². The first-order valence-electron chi connectivity index (χ1n) is 41.4. The Morgan fingerprint density at radius 2 is 0.833 bits per heavy atom. The van der Waals surface area contributed by atoms with Gasteiger partial charge in [-0.3, -0.25) is 49.2 Å². The molecule has 6 aromatic rings. The summed E-state index contributed by atoms with van der Waals surface area (Å²) >= 11 is 18.0. The Labute approximate surface area is 785 Å². The van der Waals surface area contributed by atoms with Gasteiger partial charge in [-0.2, -0.15) is 25.3 Å². The third-order valence-electron chi connectivity index (χ3n) is 21.5. The molecular weight excluding hydrogens is 1790 g/mol. The highest BCUT2D eigenvalue weighted by atomic mass is 32.1. The van der Waals surface area contributed by atoms with E-state index in [1.807, 2.05) is 0 Å². The van der Waals surface area contributed by atoms with Gasteiger partial charge in [-0.25, -0.2) is 19.4 Å². The summed E-state index contributed by atoms with van der Waals surface area (Å²) in [5, 5.41) is 72.0. The van der Waals surface area contributed by atoms with Crippen LogP contribution in [0.2, 0.25) is 6.82 Å². The number of fused-ring (bicyclic) bond motifs is 8. The Kier molecular flexibility index (Phi) is 38.0. The van der Waals surface area contributed by atoms with Gasteiger partial charge in [0.1, 0.15) is 28.7 Å². The molecule has 0 radical (unpaired) electrons. The highest BCUT2D eigenvalue weighted by Gasteiger charge is 2.50. The van der Waals surface area contributed by atoms with Crippen molar-refractivity contribution < 1.29 is 116 Å². The number of nitrogens with one attached hydrogen (secondary N) is 2. The summed E-state index contributed by atoms with van der Waals surface area (Å²) < 4.78 is 58.6. The number of carboxylic acid groups (broad SMARTS) is 1. The van der Waals surface area contributed by atoms with Crippen molar-refractivity contribution >= 4 is 139 Å². The van der Waals surface area contributed by atoms with Crippen LogP contribution >= 0.6 is 49.7 Å². The standard InChI is InChI=1S/C38H49BN4O11S.C37H44N4O9S.2C5H4N2O2S.C2H4O2.2CH4/c1-21-12-28-36(46)42(38(48)54-20-23(3)55)26-16-32(30(50-5)14-24(26)34(44)40(28)18-21)52-10-8-7-9-11-53-33-17-27-25(15-31(33)51-6)35(45)41-19-22(2)13-29(41)37(47)43(27)39(4)49;1-21-11-24-17-38-27-15-32(30(46-4)13-25(27)34(42)39(24)18-21)48-9-7-6-8-10-49-33-16-28-26(14-31(33)47-5)35(43)40-19-22(2)12-29(40)36(44)41(28)37(45)50-20-23(3)51;2*8-7(9)4-1-2-5(10)6-3-4;1-2(3)4;;/h14-17,23,28-29,36-37,46-47,49,55H,1-2,7-13,18-20H2,3-6H3;13-17,23-24,29,36,44,51H,1-2,6-12,18-20H2,3-5H3;2*1-3H,(H,6,10);1H3,(H,3,4);2*1H4/t23-,28+,29+,36+,37+;23-,24+,29+,36+;;;;;/m11...../s1. The van der Waals surface area contributed by atoms with Gasteiger partial charge in [0.25, 0.3) is 41.0 Å². The second kappa shape index (κ2) is 47.7. The quantitative estimate of drug-likeness (QED) is 0.00440. The van der Waals surface area contributed by atoms with Gasteiger partial charge in [0.2, 0.25) is 0 Å². The number of anilines is 3. The highest BCUT2D eigenvalue weighted by molar-refractivity contribution is 7.81. The van der Waals surface area contributed by atoms with E-state index in [1.165, 1.54) is 105 Å². The smallest absolute Gasteiger partial charge is 0.416 e. The molecule has 6 amide bonds. The predicted molar refractivity (Wildman–Crippen MR) is 506 cm³/mol. The fraction of sp³-hybridized carbons (Fsp3) is 0.438. The molecule has 712 valence electrons. The zero-order chi connectivity index (χ0) is 94.8. The van der Waals surface area contributed by atoms with E-state index in [0.29, 0.717) is 151 Å². The Hall–Kier alpha value is -12.3. The monoisotopic (exact) mass is 1900 g/mol. The number of carbonyl (C=O) groups excluding carboxylic acids is 6. The molecule has 8 aliphatic rings. The number of carbonyl (C=O) groups is 7. The van der Waals surface area contributed by atoms with Crippen molar-refractivity contribution in [1.82, 2.24) is 29.6 Å². The maximum Gasteiger partial charge on any atom is 0.416 e. The number of aliphatic hydroxyl groups excluding tert-OH is 3. The zero-order valence-electron chi connectivity index (χ0n) is 72.9. The number of aromatic nitrogens is 2. The van der Waals surface area contributed by atoms with Crippen LogP contribution in [0.25, 0.3) is 0 Å². The second-order valence-corrected chi connectivity index (χ2v) is 34.1. The average Bonchev–Trinajstić information content (AvgIpc) is 1.47. The minimum absolute atomic E-state index is 0. The molecule has 0 bridgehead atoms. The Balaban J connectivity index is 0.000000256. The molecule has 4 aromatic carbocycles. The van der Waals surface area contributed by atoms with Crippen molar-refractivity contribution in [3.05, 3.63) is 186 Å². The number of aliphatic carboxylic acids is 1. The number of hydrogen-bond acceptors (Lipinski definition) is 31. The van der Waals surface area contributed by atoms with Crippen LogP contribution < -0.4 is 52.5 Å². The number of unbranched alkanes of at least 4 members (excludes halogenated alkanes) is 4. The van der Waals surface area contributed by atoms with Crippen molar-refractivity contribution in [3.63, 3.8) is 0 Å². The zero-order valence-corrected chi connectivity index (χ0v) is 76.3. The third kappa shape index (κ3) is 25.5. The van der Waals surface area contributed by atoms with E-state index in [4.69, 9.17) is 57.3 Å². The normalized spacial score (nSPS) is 19.1. The minimum atomic E-state index is -1.40. The van der Waals surface area contributed by atoms with Crippen molar-refractivity contribution in [2.24, 2.45) is 4.99 Å². The molecular formula is C89H113BN12O26S4. The van der Waals surface area contributed by atoms with Crippen molar-refractivity contribution in [2.45, 2.75) is 160 Å². The first-order valence-corrected chi connectivity index (χ1v) is 43.2. The fourth-order valence-corrected chi connectivity index (χ4v) is 15.9. The van der Waals surface area contributed by atoms with Crippen molar-refractivity contribution in [3.8, 4) is 46.0 Å². The molecule has 132 heavy (non-hydrogen) atoms. The molecule has 43 heteroatoms. The summed E-state index contributed by atoms with van der Waals surface area (Å²) in [5.41, 5.74) is 5.70. The van der Waals surface area contributed by atoms with Crippen molar-refractivity contribution in [2.75, 3.05) is 109 Å². The van der Waals surface area contributed by atoms with Gasteiger partial charge in [0.15, 0.2) is 58.5 Å². The van der Waals surface area contributed by atoms with Crippen LogP contribution in [0.15, 0.2) is 139 Å². The number of rotatable bonds is 27. The number of amides is 6. The molecule has 4 fully saturated rings. The van der Waals surface area contributed by atoms with Crippen LogP contribution in [0, 0.1) is 29.5 Å². The molecule has 7 N–H and O–H groups in total. The number of nitro groups is 2. The number of aromatic amines is 2. The maximum atomic E-state index is 13.8. The number of ether oxygens (including phenoxy) is 10. The number of methoxy groups -OCH3 is 4. The molecule has 38 nitrogen and oxygen atoms in total. The number of carboxylic acids is 1. The molecule has 8 aliphatic heterocycles. The first kappa shape index (κ1) is 105. The number of aliphatic hydroxyl groups is 3. The Bertz CT molecular complexity index is 5340. The number of aliphatic imine (C=N–C) groups is 1. The van der Waals surface area contributed by atoms with E-state index < -0.39 is 71.9 Å². The molecule has 4 saturated heterocycles. The summed E-state index contributed by atoms with van der Waals surface area (Å²) in [6.45, 7) is 24.8. The van der Waals surface area contributed by atoms with Gasteiger partial charge in [0, 0.05) is 91.9 Å². The van der Waals surface area contributed by atoms with Crippen LogP contribution in [0.4, 0.5) is 43.7 Å². The van der Waals surface area contributed by atoms with Gasteiger partial charge in [-0.15, -0.1) is 0 Å². The first-order chi connectivity index (χ1) is 61.9. The second-order valence-electron chi connectivity index (χ2n) is 31.4. The number of thiol groups is 2. The summed E-state index contributed by atoms with van der Waals surface area (Å²) in [6, 6.07) is 16.4. The molecule has 2 aromatic heterocycles. The lowest BCUT2D eigenvalue weighted by Gasteiger charge is -2.34. The lowest BCUT2D eigenvalue weighted by molar-refractivity contribution is -0.385. The van der Waals surface area contributed by atoms with Crippen molar-refractivity contribution in [1.29, 1.82) is 0 Å². The van der Waals surface area contributed by atoms with Crippen LogP contribution in [-0.2, 0) is 14.3 Å². The largest absolute Gasteiger partial charge is 0.493 e. The average molecular weight is 1910 g/mol. The number of pyridine rings is 2. The molecule has 0 aliphatic carbocycles. The SMILES string of the molecule is C.C.C=C1C[C@H]2C=Nc3cc(OCCCCCOc4cc5c(cc4OC)C(=O)N4CC(=C)C[C@H]4[C@H](O)N5C(=O)OC[C@@H](C)S)c(OC)cc3C(=O)N2C1.C=C1C[C@H]2[C@H](O)N(B(C)O)c3cc(OCCCCCOc4cc5c(cc4OC)C(=O)N4CC(=C)C[C@H]4[C@H](O)N5C(=O)OC[C@@H](C)S)c(OC)cc3C(=O)N2C1.CC(=O)O.O=[N+]([O-])c1ccc(=S)[nH]c1.O=[N+]([O-])c1ccc(=S)[nH]c1. The van der Waals surface area contributed by atoms with Gasteiger partial charge in [-0.1, -0.05) is 102 Å². The Morgan fingerprint density at radius 1 is 0.515 bits per heavy atom. The summed E-state index contributed by atoms with van der Waals surface area (Å²) in [4.78, 5) is 129. The van der Waals surface area contributed by atoms with Gasteiger partial charge >= 0.3 is 19.2 Å². The molecule has 10 heterocycles. The van der Waals surface area contributed by atoms with Crippen LogP contribution in [0.5, 0.6) is 46.0 Å². The Morgan fingerprint density at radius 3 is 1.17 bits per heavy atom. The predicted octanol–water partition coefficient (Wildman–Crippen LogP) is 13.6. The summed E-state index contributed by atoms with van der Waals surface area (Å²) in [7, 11) is 4.84. The third-order valence-corrected chi connectivity index (χ3v) is 22.4. The molecule has 9 atom stereocenters. The fourth-order valence-electron chi connectivity index (χ4n) is 15.4. The lowest BCUT2D eigenvalue weighted by Crippen LogP contribution is -2.53. The van der Waals surface area contributed by atoms with E-state index in [0.717, 1.165) is 45.4 Å². The van der Waals surface area contributed by atoms with Gasteiger partial charge in [-0.05, 0) is 107 Å². The van der Waals surface area contributed by atoms with E-state index in [9.17, 15) is 69.3 Å². The molecule has 0 saturated carbocycles. The number of benzene rings is 4.